The van der Waals surface area contributed by atoms with Gasteiger partial charge < -0.3 is 14.5 Å². The van der Waals surface area contributed by atoms with Crippen LogP contribution < -0.4 is 5.32 Å². The van der Waals surface area contributed by atoms with Crippen LogP contribution >= 0.6 is 0 Å². The number of furan rings is 1. The van der Waals surface area contributed by atoms with Crippen molar-refractivity contribution in [1.29, 1.82) is 0 Å². The van der Waals surface area contributed by atoms with Crippen LogP contribution in [0.5, 0.6) is 0 Å². The Balaban J connectivity index is 1.48. The summed E-state index contributed by atoms with van der Waals surface area (Å²) < 4.78 is 13.7. The monoisotopic (exact) mass is 330 g/mol. The van der Waals surface area contributed by atoms with E-state index in [1.807, 2.05) is 24.2 Å². The number of nitrogens with zero attached hydrogens (tertiary/aromatic N) is 3. The molecule has 0 spiro atoms. The van der Waals surface area contributed by atoms with Gasteiger partial charge in [-0.3, -0.25) is 9.58 Å². The predicted octanol–water partition coefficient (Wildman–Crippen LogP) is 2.05. The van der Waals surface area contributed by atoms with Crippen LogP contribution in [0.1, 0.15) is 41.9 Å². The molecule has 2 aromatic rings. The van der Waals surface area contributed by atoms with Gasteiger partial charge in [0.1, 0.15) is 5.76 Å². The van der Waals surface area contributed by atoms with Gasteiger partial charge in [0.15, 0.2) is 0 Å². The zero-order valence-corrected chi connectivity index (χ0v) is 14.4. The molecule has 0 radical (unpaired) electrons. The van der Waals surface area contributed by atoms with Crippen molar-refractivity contribution < 1.29 is 9.15 Å². The quantitative estimate of drug-likeness (QED) is 0.930. The van der Waals surface area contributed by atoms with E-state index in [0.717, 1.165) is 38.3 Å². The lowest BCUT2D eigenvalue weighted by Crippen LogP contribution is -2.48. The minimum Gasteiger partial charge on any atom is -0.469 e. The third-order valence-corrected chi connectivity index (χ3v) is 5.38. The molecule has 24 heavy (non-hydrogen) atoms. The number of hydrogen-bond acceptors (Lipinski definition) is 5. The van der Waals surface area contributed by atoms with Crippen molar-refractivity contribution in [3.8, 4) is 0 Å². The lowest BCUT2D eigenvalue weighted by molar-refractivity contribution is -0.0649. The number of rotatable bonds is 4. The second-order valence-corrected chi connectivity index (χ2v) is 6.87. The maximum absolute atomic E-state index is 6.13. The van der Waals surface area contributed by atoms with Crippen LogP contribution in [0.2, 0.25) is 0 Å². The van der Waals surface area contributed by atoms with Crippen molar-refractivity contribution >= 4 is 0 Å². The summed E-state index contributed by atoms with van der Waals surface area (Å²) in [6.07, 6.45) is 7.19. The molecule has 0 saturated carbocycles. The molecule has 6 heteroatoms. The van der Waals surface area contributed by atoms with Crippen LogP contribution in [0.15, 0.2) is 29.0 Å². The van der Waals surface area contributed by atoms with E-state index in [9.17, 15) is 0 Å². The second-order valence-electron chi connectivity index (χ2n) is 6.87. The van der Waals surface area contributed by atoms with E-state index in [1.165, 1.54) is 17.7 Å². The van der Waals surface area contributed by atoms with Crippen molar-refractivity contribution in [3.05, 3.63) is 41.6 Å². The average Bonchev–Trinajstić information content (AvgIpc) is 3.22. The molecule has 4 rings (SSSR count). The Morgan fingerprint density at radius 2 is 2.25 bits per heavy atom. The summed E-state index contributed by atoms with van der Waals surface area (Å²) in [7, 11) is 4.17. The fraction of sp³-hybridized carbons (Fsp3) is 0.611. The molecule has 2 aliphatic rings. The predicted molar refractivity (Wildman–Crippen MR) is 90.7 cm³/mol. The highest BCUT2D eigenvalue weighted by Gasteiger charge is 2.34. The molecule has 1 aliphatic carbocycles. The largest absolute Gasteiger partial charge is 0.469 e. The highest BCUT2D eigenvalue weighted by Crippen LogP contribution is 2.32. The Bertz CT molecular complexity index is 680. The summed E-state index contributed by atoms with van der Waals surface area (Å²) in [4.78, 5) is 2.37. The molecule has 0 bridgehead atoms. The van der Waals surface area contributed by atoms with Crippen molar-refractivity contribution in [2.75, 3.05) is 26.7 Å². The Kier molecular flexibility index (Phi) is 4.43. The van der Waals surface area contributed by atoms with Crippen LogP contribution in [-0.2, 0) is 18.2 Å². The number of nitrogens with one attached hydrogen (secondary N) is 1. The molecule has 0 amide bonds. The van der Waals surface area contributed by atoms with Gasteiger partial charge in [-0.05, 0) is 32.0 Å². The smallest absolute Gasteiger partial charge is 0.108 e. The fourth-order valence-electron chi connectivity index (χ4n) is 4.08. The van der Waals surface area contributed by atoms with E-state index >= 15 is 0 Å². The molecule has 1 N–H and O–H groups in total. The summed E-state index contributed by atoms with van der Waals surface area (Å²) in [5.74, 6) is 1.14. The normalized spacial score (nSPS) is 28.0. The van der Waals surface area contributed by atoms with Crippen LogP contribution in [-0.4, -0.2) is 47.5 Å². The highest BCUT2D eigenvalue weighted by atomic mass is 16.5. The maximum atomic E-state index is 6.13. The standard InChI is InChI=1S/C18H26N4O2/c1-21-9-11-24-17(18(21)15-6-8-20-22(15)2)12-19-14-4-3-5-16-13(14)7-10-23-16/h6-8,10,14,17-19H,3-5,9,11-12H2,1-2H3/t14?,17-,18-/m0/s1. The summed E-state index contributed by atoms with van der Waals surface area (Å²) in [6, 6.07) is 4.80. The second kappa shape index (κ2) is 6.70. The van der Waals surface area contributed by atoms with Crippen LogP contribution in [0.4, 0.5) is 0 Å². The number of aryl methyl sites for hydroxylation is 2. The summed E-state index contributed by atoms with van der Waals surface area (Å²) in [5.41, 5.74) is 2.53. The van der Waals surface area contributed by atoms with E-state index in [4.69, 9.17) is 9.15 Å². The Morgan fingerprint density at radius 3 is 3.08 bits per heavy atom. The molecule has 1 fully saturated rings. The maximum Gasteiger partial charge on any atom is 0.108 e. The van der Waals surface area contributed by atoms with E-state index in [0.29, 0.717) is 6.04 Å². The van der Waals surface area contributed by atoms with Gasteiger partial charge in [-0.1, -0.05) is 0 Å². The number of likely N-dealkylation sites (N-methyl/N-ethyl adjacent to an activating group) is 1. The third-order valence-electron chi connectivity index (χ3n) is 5.38. The van der Waals surface area contributed by atoms with Gasteiger partial charge in [0.25, 0.3) is 0 Å². The number of aromatic nitrogens is 2. The SMILES string of the molecule is CN1CCO[C@@H](CNC2CCCc3occc32)[C@@H]1c1ccnn1C. The molecule has 130 valence electrons. The lowest BCUT2D eigenvalue weighted by Gasteiger charge is -2.40. The third kappa shape index (κ3) is 2.90. The van der Waals surface area contributed by atoms with Gasteiger partial charge in [0.2, 0.25) is 0 Å². The van der Waals surface area contributed by atoms with Crippen LogP contribution in [0.25, 0.3) is 0 Å². The Labute approximate surface area is 142 Å². The van der Waals surface area contributed by atoms with Gasteiger partial charge in [0.05, 0.1) is 30.7 Å². The molecule has 1 saturated heterocycles. The van der Waals surface area contributed by atoms with Gasteiger partial charge in [-0.25, -0.2) is 0 Å². The summed E-state index contributed by atoms with van der Waals surface area (Å²) in [5, 5.41) is 8.06. The fourth-order valence-corrected chi connectivity index (χ4v) is 4.08. The molecule has 2 aromatic heterocycles. The molecular formula is C18H26N4O2. The van der Waals surface area contributed by atoms with Crippen molar-refractivity contribution in [2.45, 2.75) is 37.5 Å². The minimum absolute atomic E-state index is 0.122. The molecule has 3 heterocycles. The summed E-state index contributed by atoms with van der Waals surface area (Å²) >= 11 is 0. The van der Waals surface area contributed by atoms with Gasteiger partial charge >= 0.3 is 0 Å². The van der Waals surface area contributed by atoms with Crippen molar-refractivity contribution in [2.24, 2.45) is 7.05 Å². The van der Waals surface area contributed by atoms with Crippen LogP contribution in [0.3, 0.4) is 0 Å². The number of ether oxygens (including phenoxy) is 1. The Morgan fingerprint density at radius 1 is 1.33 bits per heavy atom. The first-order chi connectivity index (χ1) is 11.7. The van der Waals surface area contributed by atoms with Crippen LogP contribution in [0, 0.1) is 0 Å². The molecular weight excluding hydrogens is 304 g/mol. The van der Waals surface area contributed by atoms with Gasteiger partial charge in [0, 0.05) is 44.4 Å². The summed E-state index contributed by atoms with van der Waals surface area (Å²) in [6.45, 7) is 2.55. The van der Waals surface area contributed by atoms with E-state index < -0.39 is 0 Å². The zero-order valence-electron chi connectivity index (χ0n) is 14.4. The minimum atomic E-state index is 0.122. The van der Waals surface area contributed by atoms with Gasteiger partial charge in [-0.15, -0.1) is 0 Å². The first kappa shape index (κ1) is 15.9. The zero-order chi connectivity index (χ0) is 16.5. The molecule has 0 aromatic carbocycles. The first-order valence-electron chi connectivity index (χ1n) is 8.83. The molecule has 1 aliphatic heterocycles. The number of hydrogen-bond donors (Lipinski definition) is 1. The van der Waals surface area contributed by atoms with Gasteiger partial charge in [-0.2, -0.15) is 5.10 Å². The highest BCUT2D eigenvalue weighted by molar-refractivity contribution is 5.24. The first-order valence-corrected chi connectivity index (χ1v) is 8.83. The molecule has 6 nitrogen and oxygen atoms in total. The Hall–Kier alpha value is -1.63. The van der Waals surface area contributed by atoms with E-state index in [-0.39, 0.29) is 12.1 Å². The number of fused-ring (bicyclic) bond motifs is 1. The molecule has 3 atom stereocenters. The van der Waals surface area contributed by atoms with E-state index in [2.05, 4.69) is 34.5 Å². The number of morpholine rings is 1. The molecule has 1 unspecified atom stereocenters. The lowest BCUT2D eigenvalue weighted by atomic mass is 9.93. The van der Waals surface area contributed by atoms with Crippen molar-refractivity contribution in [3.63, 3.8) is 0 Å². The topological polar surface area (TPSA) is 55.5 Å². The van der Waals surface area contributed by atoms with Crippen molar-refractivity contribution in [1.82, 2.24) is 20.0 Å². The average molecular weight is 330 g/mol. The van der Waals surface area contributed by atoms with E-state index in [1.54, 1.807) is 0 Å².